The predicted octanol–water partition coefficient (Wildman–Crippen LogP) is 2.04. The highest BCUT2D eigenvalue weighted by molar-refractivity contribution is 5.99. The smallest absolute Gasteiger partial charge is 0.228 e. The van der Waals surface area contributed by atoms with Crippen LogP contribution in [0, 0.1) is 0 Å². The summed E-state index contributed by atoms with van der Waals surface area (Å²) in [4.78, 5) is 27.9. The summed E-state index contributed by atoms with van der Waals surface area (Å²) in [6.07, 6.45) is 2.90. The molecule has 27 heavy (non-hydrogen) atoms. The van der Waals surface area contributed by atoms with Crippen LogP contribution in [0.5, 0.6) is 0 Å². The van der Waals surface area contributed by atoms with E-state index in [4.69, 9.17) is 5.73 Å². The first-order valence-corrected chi connectivity index (χ1v) is 8.86. The van der Waals surface area contributed by atoms with Gasteiger partial charge in [-0.3, -0.25) is 9.59 Å². The van der Waals surface area contributed by atoms with Crippen molar-refractivity contribution in [2.24, 2.45) is 5.73 Å². The molecule has 0 saturated heterocycles. The molecule has 3 N–H and O–H groups in total. The molecule has 1 aliphatic heterocycles. The number of nitrogens with one attached hydrogen (secondary N) is 1. The van der Waals surface area contributed by atoms with Gasteiger partial charge in [-0.15, -0.1) is 0 Å². The number of amides is 2. The summed E-state index contributed by atoms with van der Waals surface area (Å²) in [5.41, 5.74) is 11.2. The molecule has 1 aliphatic rings. The first-order valence-electron chi connectivity index (χ1n) is 8.86. The molecule has 6 nitrogen and oxygen atoms in total. The molecule has 3 aromatic rings. The first kappa shape index (κ1) is 17.0. The molecule has 0 aliphatic carbocycles. The maximum atomic E-state index is 11.7. The van der Waals surface area contributed by atoms with Crippen LogP contribution in [0.15, 0.2) is 54.9 Å². The van der Waals surface area contributed by atoms with Gasteiger partial charge in [0.15, 0.2) is 0 Å². The van der Waals surface area contributed by atoms with Crippen molar-refractivity contribution in [3.05, 3.63) is 82.9 Å². The maximum Gasteiger partial charge on any atom is 0.228 e. The minimum atomic E-state index is -0.388. The lowest BCUT2D eigenvalue weighted by Crippen LogP contribution is -2.18. The fourth-order valence-electron chi connectivity index (χ4n) is 3.54. The molecule has 0 radical (unpaired) electrons. The van der Waals surface area contributed by atoms with Gasteiger partial charge in [-0.25, -0.2) is 4.98 Å². The number of rotatable bonds is 6. The monoisotopic (exact) mass is 360 g/mol. The molecule has 0 fully saturated rings. The first-order chi connectivity index (χ1) is 13.1. The van der Waals surface area contributed by atoms with E-state index in [1.165, 1.54) is 0 Å². The molecule has 2 amide bonds. The molecule has 0 bridgehead atoms. The van der Waals surface area contributed by atoms with E-state index in [0.29, 0.717) is 19.4 Å². The van der Waals surface area contributed by atoms with Crippen LogP contribution < -0.4 is 11.1 Å². The third-order valence-corrected chi connectivity index (χ3v) is 4.81. The van der Waals surface area contributed by atoms with Gasteiger partial charge < -0.3 is 15.6 Å². The van der Waals surface area contributed by atoms with Crippen molar-refractivity contribution in [3.8, 4) is 0 Å². The molecule has 6 heteroatoms. The minimum absolute atomic E-state index is 0.00482. The lowest BCUT2D eigenvalue weighted by molar-refractivity contribution is -0.117. The van der Waals surface area contributed by atoms with Crippen molar-refractivity contribution < 1.29 is 9.59 Å². The number of aromatic nitrogens is 2. The van der Waals surface area contributed by atoms with Gasteiger partial charge in [-0.05, 0) is 22.8 Å². The second-order valence-electron chi connectivity index (χ2n) is 6.74. The lowest BCUT2D eigenvalue weighted by atomic mass is 10.0. The minimum Gasteiger partial charge on any atom is -0.369 e. The van der Waals surface area contributed by atoms with Gasteiger partial charge in [0.1, 0.15) is 0 Å². The molecule has 2 aromatic carbocycles. The lowest BCUT2D eigenvalue weighted by Gasteiger charge is -2.12. The Labute approximate surface area is 157 Å². The van der Waals surface area contributed by atoms with Gasteiger partial charge in [-0.2, -0.15) is 0 Å². The van der Waals surface area contributed by atoms with E-state index < -0.39 is 0 Å². The summed E-state index contributed by atoms with van der Waals surface area (Å²) >= 11 is 0. The van der Waals surface area contributed by atoms with Crippen LogP contribution in [0.1, 0.15) is 28.1 Å². The molecule has 136 valence electrons. The number of fused-ring (bicyclic) bond motifs is 1. The Morgan fingerprint density at radius 1 is 1.15 bits per heavy atom. The van der Waals surface area contributed by atoms with Crippen molar-refractivity contribution in [2.45, 2.75) is 25.8 Å². The summed E-state index contributed by atoms with van der Waals surface area (Å²) in [6.45, 7) is 0.544. The summed E-state index contributed by atoms with van der Waals surface area (Å²) in [5.74, 6) is -0.383. The van der Waals surface area contributed by atoms with Gasteiger partial charge in [0.2, 0.25) is 11.8 Å². The predicted molar refractivity (Wildman–Crippen MR) is 102 cm³/mol. The Balaban J connectivity index is 1.66. The van der Waals surface area contributed by atoms with Gasteiger partial charge in [0.25, 0.3) is 0 Å². The summed E-state index contributed by atoms with van der Waals surface area (Å²) < 4.78 is 1.96. The van der Waals surface area contributed by atoms with E-state index in [9.17, 15) is 9.59 Å². The molecule has 1 aromatic heterocycles. The van der Waals surface area contributed by atoms with Gasteiger partial charge in [0.05, 0.1) is 30.6 Å². The topological polar surface area (TPSA) is 90.0 Å². The van der Waals surface area contributed by atoms with Crippen LogP contribution in [0.25, 0.3) is 0 Å². The molecule has 0 unspecified atom stereocenters. The SMILES string of the molecule is NC(=O)Cc1c(Cc2ccccc2)ncn1Cc1cccc2c1CC(=O)N2. The van der Waals surface area contributed by atoms with Crippen molar-refractivity contribution in [3.63, 3.8) is 0 Å². The highest BCUT2D eigenvalue weighted by Gasteiger charge is 2.21. The Bertz CT molecular complexity index is 1010. The zero-order chi connectivity index (χ0) is 18.8. The zero-order valence-electron chi connectivity index (χ0n) is 14.8. The average Bonchev–Trinajstić information content (AvgIpc) is 3.20. The van der Waals surface area contributed by atoms with E-state index in [1.54, 1.807) is 6.33 Å². The van der Waals surface area contributed by atoms with Crippen LogP contribution in [0.2, 0.25) is 0 Å². The molecule has 0 spiro atoms. The third-order valence-electron chi connectivity index (χ3n) is 4.81. The molecule has 2 heterocycles. The number of nitrogens with two attached hydrogens (primary N) is 1. The van der Waals surface area contributed by atoms with E-state index in [1.807, 2.05) is 53.1 Å². The van der Waals surface area contributed by atoms with Crippen LogP contribution in [0.4, 0.5) is 5.69 Å². The molecule has 0 saturated carbocycles. The van der Waals surface area contributed by atoms with Crippen molar-refractivity contribution in [1.29, 1.82) is 0 Å². The highest BCUT2D eigenvalue weighted by Crippen LogP contribution is 2.27. The zero-order valence-corrected chi connectivity index (χ0v) is 14.8. The number of benzene rings is 2. The number of primary amides is 1. The van der Waals surface area contributed by atoms with Crippen LogP contribution >= 0.6 is 0 Å². The molecule has 0 atom stereocenters. The highest BCUT2D eigenvalue weighted by atomic mass is 16.2. The Hall–Kier alpha value is -3.41. The van der Waals surface area contributed by atoms with E-state index >= 15 is 0 Å². The Kier molecular flexibility index (Phi) is 4.46. The normalized spacial score (nSPS) is 12.7. The second kappa shape index (κ2) is 7.07. The van der Waals surface area contributed by atoms with E-state index in [2.05, 4.69) is 10.3 Å². The van der Waals surface area contributed by atoms with Crippen molar-refractivity contribution >= 4 is 17.5 Å². The number of imidazole rings is 1. The van der Waals surface area contributed by atoms with Crippen molar-refractivity contribution in [1.82, 2.24) is 9.55 Å². The third kappa shape index (κ3) is 3.60. The van der Waals surface area contributed by atoms with Crippen LogP contribution in [0.3, 0.4) is 0 Å². The maximum absolute atomic E-state index is 11.7. The van der Waals surface area contributed by atoms with Crippen molar-refractivity contribution in [2.75, 3.05) is 5.32 Å². The fourth-order valence-corrected chi connectivity index (χ4v) is 3.54. The number of anilines is 1. The van der Waals surface area contributed by atoms with Gasteiger partial charge in [-0.1, -0.05) is 42.5 Å². The average molecular weight is 360 g/mol. The van der Waals surface area contributed by atoms with Gasteiger partial charge >= 0.3 is 0 Å². The standard InChI is InChI=1S/C21H20N4O2/c22-20(26)11-19-18(9-14-5-2-1-3-6-14)23-13-25(19)12-15-7-4-8-17-16(15)10-21(27)24-17/h1-8,13H,9-12H2,(H2,22,26)(H,24,27). The van der Waals surface area contributed by atoms with Crippen LogP contribution in [-0.2, 0) is 35.4 Å². The fraction of sp³-hybridized carbons (Fsp3) is 0.190. The Morgan fingerprint density at radius 2 is 1.96 bits per heavy atom. The van der Waals surface area contributed by atoms with Crippen LogP contribution in [-0.4, -0.2) is 21.4 Å². The molecular weight excluding hydrogens is 340 g/mol. The number of nitrogens with zero attached hydrogens (tertiary/aromatic N) is 2. The quantitative estimate of drug-likeness (QED) is 0.705. The molecule has 4 rings (SSSR count). The summed E-state index contributed by atoms with van der Waals surface area (Å²) in [6, 6.07) is 15.8. The van der Waals surface area contributed by atoms with E-state index in [-0.39, 0.29) is 18.2 Å². The largest absolute Gasteiger partial charge is 0.369 e. The van der Waals surface area contributed by atoms with Gasteiger partial charge in [0, 0.05) is 18.7 Å². The number of hydrogen-bond acceptors (Lipinski definition) is 3. The number of carbonyl (C=O) groups is 2. The second-order valence-corrected chi connectivity index (χ2v) is 6.74. The summed E-state index contributed by atoms with van der Waals surface area (Å²) in [7, 11) is 0. The molecular formula is C21H20N4O2. The van der Waals surface area contributed by atoms with E-state index in [0.717, 1.165) is 33.8 Å². The number of carbonyl (C=O) groups excluding carboxylic acids is 2. The Morgan fingerprint density at radius 3 is 2.74 bits per heavy atom. The number of hydrogen-bond donors (Lipinski definition) is 2. The summed E-state index contributed by atoms with van der Waals surface area (Å²) in [5, 5.41) is 2.87.